The number of rotatable bonds is 6. The maximum Gasteiger partial charge on any atom is 0.166 e. The molecule has 108 valence electrons. The summed E-state index contributed by atoms with van der Waals surface area (Å²) in [5.41, 5.74) is -0.131. The number of likely N-dealkylation sites (N-methyl/N-ethyl adjacent to an activating group) is 1. The van der Waals surface area contributed by atoms with E-state index in [1.807, 2.05) is 37.3 Å². The van der Waals surface area contributed by atoms with Crippen LogP contribution in [0.2, 0.25) is 0 Å². The highest BCUT2D eigenvalue weighted by Crippen LogP contribution is 2.23. The fraction of sp³-hybridized carbons (Fsp3) is 0.235. The number of halogens is 1. The van der Waals surface area contributed by atoms with E-state index < -0.39 is 5.54 Å². The van der Waals surface area contributed by atoms with E-state index in [1.54, 1.807) is 12.1 Å². The third-order valence-corrected chi connectivity index (χ3v) is 3.19. The molecule has 1 unspecified atom stereocenters. The summed E-state index contributed by atoms with van der Waals surface area (Å²) in [5.74, 6) is 0.0432. The summed E-state index contributed by atoms with van der Waals surface area (Å²) >= 11 is 0. The molecule has 0 heterocycles. The molecular weight excluding hydrogens is 267 g/mol. The van der Waals surface area contributed by atoms with Crippen LogP contribution in [0, 0.1) is 17.1 Å². The van der Waals surface area contributed by atoms with Crippen molar-refractivity contribution in [3.05, 3.63) is 66.0 Å². The first-order valence-electron chi connectivity index (χ1n) is 6.80. The molecule has 0 aliphatic rings. The van der Waals surface area contributed by atoms with Gasteiger partial charge in [0.05, 0.1) is 6.07 Å². The van der Waals surface area contributed by atoms with Crippen LogP contribution in [0.1, 0.15) is 12.5 Å². The largest absolute Gasteiger partial charge is 0.490 e. The number of nitrogens with one attached hydrogen (secondary N) is 1. The molecule has 2 rings (SSSR count). The fourth-order valence-electron chi connectivity index (χ4n) is 2.15. The van der Waals surface area contributed by atoms with Crippen molar-refractivity contribution < 1.29 is 9.13 Å². The topological polar surface area (TPSA) is 45.0 Å². The van der Waals surface area contributed by atoms with Crippen molar-refractivity contribution in [1.29, 1.82) is 5.26 Å². The van der Waals surface area contributed by atoms with Gasteiger partial charge in [-0.2, -0.15) is 5.26 Å². The molecule has 3 nitrogen and oxygen atoms in total. The molecule has 0 bridgehead atoms. The zero-order chi connectivity index (χ0) is 15.1. The van der Waals surface area contributed by atoms with E-state index in [0.717, 1.165) is 5.56 Å². The molecule has 1 N–H and O–H groups in total. The Morgan fingerprint density at radius 3 is 2.57 bits per heavy atom. The van der Waals surface area contributed by atoms with E-state index in [9.17, 15) is 9.65 Å². The van der Waals surface area contributed by atoms with Crippen LogP contribution < -0.4 is 10.1 Å². The predicted octanol–water partition coefficient (Wildman–Crippen LogP) is 3.23. The van der Waals surface area contributed by atoms with Crippen molar-refractivity contribution in [3.8, 4) is 11.8 Å². The lowest BCUT2D eigenvalue weighted by Gasteiger charge is -2.28. The highest BCUT2D eigenvalue weighted by atomic mass is 19.1. The van der Waals surface area contributed by atoms with Crippen LogP contribution in [-0.2, 0) is 5.54 Å². The zero-order valence-corrected chi connectivity index (χ0v) is 11.8. The second kappa shape index (κ2) is 6.87. The number of hydrogen-bond acceptors (Lipinski definition) is 3. The predicted molar refractivity (Wildman–Crippen MR) is 79.3 cm³/mol. The minimum Gasteiger partial charge on any atom is -0.490 e. The molecule has 0 spiro atoms. The molecule has 2 aromatic carbocycles. The maximum atomic E-state index is 13.2. The quantitative estimate of drug-likeness (QED) is 0.885. The Hall–Kier alpha value is -2.38. The number of benzene rings is 2. The van der Waals surface area contributed by atoms with Crippen molar-refractivity contribution in [2.24, 2.45) is 0 Å². The van der Waals surface area contributed by atoms with Gasteiger partial charge in [-0.15, -0.1) is 0 Å². The van der Waals surface area contributed by atoms with E-state index in [2.05, 4.69) is 11.4 Å². The van der Waals surface area contributed by atoms with Crippen molar-refractivity contribution in [3.63, 3.8) is 0 Å². The van der Waals surface area contributed by atoms with Gasteiger partial charge in [0.15, 0.2) is 5.54 Å². The lowest BCUT2D eigenvalue weighted by molar-refractivity contribution is 0.224. The fourth-order valence-corrected chi connectivity index (χ4v) is 2.15. The van der Waals surface area contributed by atoms with Crippen molar-refractivity contribution in [2.45, 2.75) is 12.5 Å². The lowest BCUT2D eigenvalue weighted by atomic mass is 9.92. The molecule has 0 saturated heterocycles. The number of ether oxygens (including phenoxy) is 1. The van der Waals surface area contributed by atoms with E-state index >= 15 is 0 Å². The van der Waals surface area contributed by atoms with Gasteiger partial charge in [-0.3, -0.25) is 5.32 Å². The van der Waals surface area contributed by atoms with Gasteiger partial charge in [-0.1, -0.05) is 43.3 Å². The minimum absolute atomic E-state index is 0.102. The molecule has 0 aliphatic heterocycles. The molecule has 0 aliphatic carbocycles. The number of nitrogens with zero attached hydrogens (tertiary/aromatic N) is 1. The van der Waals surface area contributed by atoms with E-state index in [0.29, 0.717) is 12.3 Å². The van der Waals surface area contributed by atoms with E-state index in [4.69, 9.17) is 4.74 Å². The smallest absolute Gasteiger partial charge is 0.166 e. The van der Waals surface area contributed by atoms with E-state index in [1.165, 1.54) is 12.1 Å². The SMILES string of the molecule is CCNC(C#N)(COc1cccc(F)c1)c1ccccc1. The molecule has 4 heteroatoms. The van der Waals surface area contributed by atoms with Crippen LogP contribution >= 0.6 is 0 Å². The van der Waals surface area contributed by atoms with Gasteiger partial charge in [0.2, 0.25) is 0 Å². The summed E-state index contributed by atoms with van der Waals surface area (Å²) in [4.78, 5) is 0. The second-order valence-electron chi connectivity index (χ2n) is 4.66. The molecule has 21 heavy (non-hydrogen) atoms. The monoisotopic (exact) mass is 284 g/mol. The van der Waals surface area contributed by atoms with Crippen LogP contribution in [0.4, 0.5) is 4.39 Å². The minimum atomic E-state index is -0.956. The van der Waals surface area contributed by atoms with Gasteiger partial charge < -0.3 is 4.74 Å². The maximum absolute atomic E-state index is 13.2. The number of hydrogen-bond donors (Lipinski definition) is 1. The van der Waals surface area contributed by atoms with Gasteiger partial charge >= 0.3 is 0 Å². The van der Waals surface area contributed by atoms with Gasteiger partial charge in [0.25, 0.3) is 0 Å². The summed E-state index contributed by atoms with van der Waals surface area (Å²) < 4.78 is 18.8. The van der Waals surface area contributed by atoms with Crippen molar-refractivity contribution >= 4 is 0 Å². The summed E-state index contributed by atoms with van der Waals surface area (Å²) in [6.45, 7) is 2.65. The molecule has 0 aromatic heterocycles. The third-order valence-electron chi connectivity index (χ3n) is 3.19. The Kier molecular flexibility index (Phi) is 4.91. The summed E-state index contributed by atoms with van der Waals surface area (Å²) in [7, 11) is 0. The van der Waals surface area contributed by atoms with Crippen molar-refractivity contribution in [1.82, 2.24) is 5.32 Å². The summed E-state index contributed by atoms with van der Waals surface area (Å²) in [5, 5.41) is 12.8. The van der Waals surface area contributed by atoms with Gasteiger partial charge in [-0.05, 0) is 24.2 Å². The molecule has 0 radical (unpaired) electrons. The molecular formula is C17H17FN2O. The standard InChI is InChI=1S/C17H17FN2O/c1-2-20-17(12-19,14-7-4-3-5-8-14)13-21-16-10-6-9-15(18)11-16/h3-11,20H,2,13H2,1H3. The van der Waals surface area contributed by atoms with Crippen LogP contribution in [0.3, 0.4) is 0 Å². The van der Waals surface area contributed by atoms with Gasteiger partial charge in [0, 0.05) is 6.07 Å². The first-order valence-corrected chi connectivity index (χ1v) is 6.80. The Morgan fingerprint density at radius 1 is 1.19 bits per heavy atom. The van der Waals surface area contributed by atoms with E-state index in [-0.39, 0.29) is 12.4 Å². The average Bonchev–Trinajstić information content (AvgIpc) is 2.52. The number of nitriles is 1. The lowest BCUT2D eigenvalue weighted by Crippen LogP contribution is -2.46. The van der Waals surface area contributed by atoms with Crippen LogP contribution in [-0.4, -0.2) is 13.2 Å². The molecule has 0 fully saturated rings. The summed E-state index contributed by atoms with van der Waals surface area (Å²) in [6.07, 6.45) is 0. The molecule has 0 saturated carbocycles. The Labute approximate surface area is 124 Å². The Balaban J connectivity index is 2.23. The first kappa shape index (κ1) is 15.0. The average molecular weight is 284 g/mol. The van der Waals surface area contributed by atoms with Crippen LogP contribution in [0.15, 0.2) is 54.6 Å². The normalized spacial score (nSPS) is 13.2. The Morgan fingerprint density at radius 2 is 1.95 bits per heavy atom. The van der Waals surface area contributed by atoms with Gasteiger partial charge in [-0.25, -0.2) is 4.39 Å². The second-order valence-corrected chi connectivity index (χ2v) is 4.66. The highest BCUT2D eigenvalue weighted by Gasteiger charge is 2.32. The van der Waals surface area contributed by atoms with Gasteiger partial charge in [0.1, 0.15) is 18.2 Å². The Bertz CT molecular complexity index is 624. The first-order chi connectivity index (χ1) is 10.2. The van der Waals surface area contributed by atoms with Crippen molar-refractivity contribution in [2.75, 3.05) is 13.2 Å². The zero-order valence-electron chi connectivity index (χ0n) is 11.8. The van der Waals surface area contributed by atoms with Crippen LogP contribution in [0.25, 0.3) is 0 Å². The molecule has 1 atom stereocenters. The van der Waals surface area contributed by atoms with Crippen LogP contribution in [0.5, 0.6) is 5.75 Å². The molecule has 2 aromatic rings. The highest BCUT2D eigenvalue weighted by molar-refractivity contribution is 5.32. The summed E-state index contributed by atoms with van der Waals surface area (Å²) in [6, 6.07) is 17.6. The third kappa shape index (κ3) is 3.59. The molecule has 0 amide bonds.